The lowest BCUT2D eigenvalue weighted by Crippen LogP contribution is -2.52. The lowest BCUT2D eigenvalue weighted by molar-refractivity contribution is -0.134. The summed E-state index contributed by atoms with van der Waals surface area (Å²) in [5.74, 6) is 0.342. The molecule has 6 heteroatoms. The maximum Gasteiger partial charge on any atom is 0.236 e. The number of hydrogen-bond donors (Lipinski definition) is 0. The van der Waals surface area contributed by atoms with Crippen LogP contribution in [0, 0.1) is 0 Å². The number of amides is 1. The van der Waals surface area contributed by atoms with E-state index in [0.29, 0.717) is 12.5 Å². The van der Waals surface area contributed by atoms with E-state index in [0.717, 1.165) is 58.9 Å². The van der Waals surface area contributed by atoms with Crippen LogP contribution in [0.3, 0.4) is 0 Å². The van der Waals surface area contributed by atoms with Gasteiger partial charge >= 0.3 is 0 Å². The maximum atomic E-state index is 13.9. The topological polar surface area (TPSA) is 33.3 Å². The third-order valence-corrected chi connectivity index (χ3v) is 14.8. The zero-order chi connectivity index (χ0) is 47.8. The molecule has 0 aromatic carbocycles. The first-order chi connectivity index (χ1) is 32.5. The van der Waals surface area contributed by atoms with Crippen LogP contribution >= 0.6 is 0 Å². The van der Waals surface area contributed by atoms with E-state index < -0.39 is 0 Å². The highest BCUT2D eigenvalue weighted by molar-refractivity contribution is 5.78. The Bertz CT molecular complexity index is 1030. The standard InChI is InChI=1S/C60H119N5O/c1-7-13-18-23-28-29-30-35-40-45-50-63(52-51-61(46-41-36-31-24-19-14-8-2)47-42-37-32-25-20-15-9-3)57-59(12-6)64-53-55-65(56-54-64)60(66)58-62(48-43-38-33-26-21-16-10-4)49-44-39-34-27-22-17-11-5/h6-11,13-58H2,1-5H3. The number of carbonyl (C=O) groups is 1. The van der Waals surface area contributed by atoms with Gasteiger partial charge in [0.25, 0.3) is 0 Å². The van der Waals surface area contributed by atoms with Crippen LogP contribution in [0.4, 0.5) is 0 Å². The van der Waals surface area contributed by atoms with Crippen LogP contribution in [0.25, 0.3) is 0 Å². The fourth-order valence-corrected chi connectivity index (χ4v) is 10.1. The Kier molecular flexibility index (Phi) is 46.2. The van der Waals surface area contributed by atoms with Gasteiger partial charge in [-0.05, 0) is 64.8 Å². The zero-order valence-electron chi connectivity index (χ0n) is 45.9. The predicted molar refractivity (Wildman–Crippen MR) is 294 cm³/mol. The van der Waals surface area contributed by atoms with Crippen LogP contribution < -0.4 is 0 Å². The van der Waals surface area contributed by atoms with E-state index in [-0.39, 0.29) is 0 Å². The number of nitrogens with zero attached hydrogens (tertiary/aromatic N) is 5. The molecule has 0 atom stereocenters. The molecule has 0 aromatic rings. The van der Waals surface area contributed by atoms with Crippen molar-refractivity contribution in [2.24, 2.45) is 0 Å². The van der Waals surface area contributed by atoms with Gasteiger partial charge in [0.1, 0.15) is 0 Å². The normalized spacial score (nSPS) is 13.2. The van der Waals surface area contributed by atoms with Crippen molar-refractivity contribution in [2.75, 3.05) is 85.1 Å². The summed E-state index contributed by atoms with van der Waals surface area (Å²) >= 11 is 0. The largest absolute Gasteiger partial charge is 0.364 e. The van der Waals surface area contributed by atoms with E-state index >= 15 is 0 Å². The summed E-state index contributed by atoms with van der Waals surface area (Å²) in [6.45, 7) is 28.9. The number of unbranched alkanes of at least 4 members (excludes halogenated alkanes) is 33. The fraction of sp³-hybridized carbons (Fsp3) is 0.933. The van der Waals surface area contributed by atoms with Crippen LogP contribution in [0.5, 0.6) is 0 Å². The Balaban J connectivity index is 2.86. The molecule has 1 saturated heterocycles. The van der Waals surface area contributed by atoms with Gasteiger partial charge in [0.05, 0.1) is 12.2 Å². The molecule has 1 heterocycles. The van der Waals surface area contributed by atoms with Gasteiger partial charge < -0.3 is 14.7 Å². The van der Waals surface area contributed by atoms with Crippen molar-refractivity contribution in [1.29, 1.82) is 0 Å². The molecule has 0 unspecified atom stereocenters. The summed E-state index contributed by atoms with van der Waals surface area (Å²) in [4.78, 5) is 26.7. The smallest absolute Gasteiger partial charge is 0.236 e. The summed E-state index contributed by atoms with van der Waals surface area (Å²) in [7, 11) is 0. The van der Waals surface area contributed by atoms with Gasteiger partial charge in [-0.3, -0.25) is 14.6 Å². The first-order valence-electron chi connectivity index (χ1n) is 30.1. The van der Waals surface area contributed by atoms with Crippen molar-refractivity contribution in [2.45, 2.75) is 279 Å². The van der Waals surface area contributed by atoms with Crippen LogP contribution in [-0.4, -0.2) is 115 Å². The molecule has 0 aliphatic carbocycles. The molecule has 6 nitrogen and oxygen atoms in total. The first kappa shape index (κ1) is 62.7. The lowest BCUT2D eigenvalue weighted by atomic mass is 10.1. The van der Waals surface area contributed by atoms with Crippen LogP contribution in [0.1, 0.15) is 279 Å². The molecule has 1 fully saturated rings. The van der Waals surface area contributed by atoms with Gasteiger partial charge in [0, 0.05) is 45.8 Å². The molecular weight excluding hydrogens is 807 g/mol. The lowest BCUT2D eigenvalue weighted by Gasteiger charge is -2.39. The average Bonchev–Trinajstić information content (AvgIpc) is 3.33. The van der Waals surface area contributed by atoms with Crippen molar-refractivity contribution < 1.29 is 4.79 Å². The minimum Gasteiger partial charge on any atom is -0.364 e. The highest BCUT2D eigenvalue weighted by Crippen LogP contribution is 2.17. The van der Waals surface area contributed by atoms with Crippen molar-refractivity contribution in [3.8, 4) is 0 Å². The van der Waals surface area contributed by atoms with Crippen molar-refractivity contribution >= 4 is 5.91 Å². The summed E-state index contributed by atoms with van der Waals surface area (Å²) in [5.41, 5.74) is 4.70. The molecule has 0 bridgehead atoms. The Hall–Kier alpha value is -1.33. The first-order valence-corrected chi connectivity index (χ1v) is 30.1. The number of carbonyl (C=O) groups excluding carboxylic acids is 1. The van der Waals surface area contributed by atoms with Gasteiger partial charge in [-0.2, -0.15) is 0 Å². The number of piperazine rings is 1. The van der Waals surface area contributed by atoms with E-state index in [9.17, 15) is 4.79 Å². The van der Waals surface area contributed by atoms with Gasteiger partial charge in [-0.25, -0.2) is 0 Å². The van der Waals surface area contributed by atoms with E-state index in [1.165, 1.54) is 269 Å². The van der Waals surface area contributed by atoms with Crippen molar-refractivity contribution in [3.05, 3.63) is 18.0 Å². The molecule has 0 N–H and O–H groups in total. The molecule has 0 spiro atoms. The van der Waals surface area contributed by atoms with Crippen molar-refractivity contribution in [3.63, 3.8) is 0 Å². The molecule has 1 aliphatic heterocycles. The average molecular weight is 927 g/mol. The van der Waals surface area contributed by atoms with Crippen LogP contribution in [0.2, 0.25) is 0 Å². The third kappa shape index (κ3) is 37.6. The summed E-state index contributed by atoms with van der Waals surface area (Å²) in [5, 5.41) is 0. The Morgan fingerprint density at radius 3 is 0.879 bits per heavy atom. The monoisotopic (exact) mass is 926 g/mol. The SMILES string of the molecule is C=C=C(CN(CCCCCCCCCCCC)CCN(CCCCCCCCC)CCCCCCCCC)N1CCN(C(=O)CN(CCCCCCCCC)CCCCCCCCC)CC1. The molecule has 66 heavy (non-hydrogen) atoms. The third-order valence-electron chi connectivity index (χ3n) is 14.8. The highest BCUT2D eigenvalue weighted by atomic mass is 16.2. The van der Waals surface area contributed by atoms with Gasteiger partial charge in [0.15, 0.2) is 0 Å². The Labute approximate surface area is 415 Å². The van der Waals surface area contributed by atoms with E-state index in [1.54, 1.807) is 0 Å². The summed E-state index contributed by atoms with van der Waals surface area (Å²) in [6.07, 6.45) is 51.7. The quantitative estimate of drug-likeness (QED) is 0.0448. The Morgan fingerprint density at radius 1 is 0.333 bits per heavy atom. The van der Waals surface area contributed by atoms with Crippen molar-refractivity contribution in [1.82, 2.24) is 24.5 Å². The second kappa shape index (κ2) is 48.7. The highest BCUT2D eigenvalue weighted by Gasteiger charge is 2.25. The fourth-order valence-electron chi connectivity index (χ4n) is 10.1. The minimum atomic E-state index is 0.342. The maximum absolute atomic E-state index is 13.9. The van der Waals surface area contributed by atoms with Gasteiger partial charge in [-0.1, -0.05) is 253 Å². The predicted octanol–water partition coefficient (Wildman–Crippen LogP) is 16.6. The summed E-state index contributed by atoms with van der Waals surface area (Å²) < 4.78 is 0. The van der Waals surface area contributed by atoms with Gasteiger partial charge in [0.2, 0.25) is 5.91 Å². The number of hydrogen-bond acceptors (Lipinski definition) is 5. The second-order valence-electron chi connectivity index (χ2n) is 21.1. The summed E-state index contributed by atoms with van der Waals surface area (Å²) in [6, 6.07) is 0. The second-order valence-corrected chi connectivity index (χ2v) is 21.1. The van der Waals surface area contributed by atoms with Crippen LogP contribution in [0.15, 0.2) is 18.0 Å². The zero-order valence-corrected chi connectivity index (χ0v) is 45.9. The molecule has 1 amide bonds. The molecule has 1 rings (SSSR count). The molecule has 390 valence electrons. The van der Waals surface area contributed by atoms with E-state index in [4.69, 9.17) is 0 Å². The molecule has 0 saturated carbocycles. The Morgan fingerprint density at radius 2 is 0.576 bits per heavy atom. The molecule has 0 radical (unpaired) electrons. The van der Waals surface area contributed by atoms with Crippen LogP contribution in [-0.2, 0) is 4.79 Å². The van der Waals surface area contributed by atoms with E-state index in [2.05, 4.69) is 71.4 Å². The van der Waals surface area contributed by atoms with E-state index in [1.807, 2.05) is 0 Å². The molecule has 0 aromatic heterocycles. The van der Waals surface area contributed by atoms with Gasteiger partial charge in [-0.15, -0.1) is 5.73 Å². The minimum absolute atomic E-state index is 0.342. The number of rotatable bonds is 51. The molecular formula is C60H119N5O. The molecule has 1 aliphatic rings.